The fourth-order valence-corrected chi connectivity index (χ4v) is 2.83. The van der Waals surface area contributed by atoms with Gasteiger partial charge >= 0.3 is 0 Å². The maximum atomic E-state index is 12.2. The van der Waals surface area contributed by atoms with Crippen LogP contribution in [0.15, 0.2) is 51.4 Å². The van der Waals surface area contributed by atoms with Gasteiger partial charge in [0.25, 0.3) is 5.91 Å². The summed E-state index contributed by atoms with van der Waals surface area (Å²) in [7, 11) is 0. The predicted octanol–water partition coefficient (Wildman–Crippen LogP) is 3.85. The van der Waals surface area contributed by atoms with Crippen LogP contribution in [0.3, 0.4) is 0 Å². The molecule has 1 N–H and O–H groups in total. The second kappa shape index (κ2) is 5.62. The van der Waals surface area contributed by atoms with E-state index in [-0.39, 0.29) is 12.7 Å². The van der Waals surface area contributed by atoms with Crippen molar-refractivity contribution in [2.45, 2.75) is 6.54 Å². The van der Waals surface area contributed by atoms with Crippen molar-refractivity contribution in [3.63, 3.8) is 0 Å². The number of benzene rings is 2. The van der Waals surface area contributed by atoms with E-state index in [4.69, 9.17) is 13.9 Å². The molecule has 1 aromatic heterocycles. The Balaban J connectivity index is 1.48. The lowest BCUT2D eigenvalue weighted by Gasteiger charge is -2.04. The molecule has 2 aromatic carbocycles. The third-order valence-corrected chi connectivity index (χ3v) is 4.09. The Bertz CT molecular complexity index is 903. The van der Waals surface area contributed by atoms with E-state index in [0.717, 1.165) is 21.2 Å². The zero-order valence-corrected chi connectivity index (χ0v) is 13.6. The quantitative estimate of drug-likeness (QED) is 0.757. The van der Waals surface area contributed by atoms with E-state index >= 15 is 0 Å². The Morgan fingerprint density at radius 3 is 2.87 bits per heavy atom. The van der Waals surface area contributed by atoms with Crippen molar-refractivity contribution in [1.82, 2.24) is 5.32 Å². The first-order valence-electron chi connectivity index (χ1n) is 7.05. The summed E-state index contributed by atoms with van der Waals surface area (Å²) in [6, 6.07) is 12.9. The number of hydrogen-bond acceptors (Lipinski definition) is 4. The minimum atomic E-state index is -0.255. The summed E-state index contributed by atoms with van der Waals surface area (Å²) >= 11 is 3.40. The van der Waals surface area contributed by atoms with Gasteiger partial charge in [-0.25, -0.2) is 0 Å². The van der Waals surface area contributed by atoms with Crippen molar-refractivity contribution in [3.05, 3.63) is 58.3 Å². The van der Waals surface area contributed by atoms with Gasteiger partial charge in [0.2, 0.25) is 6.79 Å². The molecule has 1 aliphatic heterocycles. The highest BCUT2D eigenvalue weighted by atomic mass is 79.9. The summed E-state index contributed by atoms with van der Waals surface area (Å²) in [6.07, 6.45) is 0. The van der Waals surface area contributed by atoms with Gasteiger partial charge in [-0.2, -0.15) is 0 Å². The molecule has 0 unspecified atom stereocenters. The third kappa shape index (κ3) is 2.77. The summed E-state index contributed by atoms with van der Waals surface area (Å²) in [4.78, 5) is 12.2. The normalized spacial score (nSPS) is 12.6. The standard InChI is InChI=1S/C17H12BrNO4/c18-12-2-4-13-11(6-12)7-16(23-13)17(20)19-8-10-1-3-14-15(5-10)22-9-21-14/h1-7H,8-9H2,(H,19,20). The van der Waals surface area contributed by atoms with Gasteiger partial charge in [-0.15, -0.1) is 0 Å². The molecule has 6 heteroatoms. The van der Waals surface area contributed by atoms with Crippen LogP contribution in [0, 0.1) is 0 Å². The second-order valence-corrected chi connectivity index (χ2v) is 6.08. The van der Waals surface area contributed by atoms with E-state index in [9.17, 15) is 4.79 Å². The van der Waals surface area contributed by atoms with E-state index in [1.807, 2.05) is 36.4 Å². The molecule has 3 aromatic rings. The van der Waals surface area contributed by atoms with Crippen LogP contribution in [-0.4, -0.2) is 12.7 Å². The Hall–Kier alpha value is -2.47. The first kappa shape index (κ1) is 14.1. The fraction of sp³-hybridized carbons (Fsp3) is 0.118. The van der Waals surface area contributed by atoms with Crippen molar-refractivity contribution in [2.75, 3.05) is 6.79 Å². The van der Waals surface area contributed by atoms with E-state index in [0.29, 0.717) is 23.6 Å². The molecule has 0 radical (unpaired) electrons. The minimum absolute atomic E-state index is 0.236. The fourth-order valence-electron chi connectivity index (χ4n) is 2.45. The molecule has 0 atom stereocenters. The molecule has 0 aliphatic carbocycles. The molecule has 4 rings (SSSR count). The first-order chi connectivity index (χ1) is 11.2. The van der Waals surface area contributed by atoms with E-state index in [1.54, 1.807) is 6.07 Å². The Kier molecular flexibility index (Phi) is 3.46. The zero-order valence-electron chi connectivity index (χ0n) is 12.0. The van der Waals surface area contributed by atoms with E-state index < -0.39 is 0 Å². The van der Waals surface area contributed by atoms with Gasteiger partial charge in [-0.05, 0) is 42.0 Å². The van der Waals surface area contributed by atoms with E-state index in [1.165, 1.54) is 0 Å². The van der Waals surface area contributed by atoms with Gasteiger partial charge in [0.1, 0.15) is 5.58 Å². The molecule has 0 saturated carbocycles. The van der Waals surface area contributed by atoms with Crippen molar-refractivity contribution < 1.29 is 18.7 Å². The Morgan fingerprint density at radius 1 is 1.09 bits per heavy atom. The van der Waals surface area contributed by atoms with Crippen molar-refractivity contribution in [1.29, 1.82) is 0 Å². The number of halogens is 1. The number of nitrogens with one attached hydrogen (secondary N) is 1. The molecule has 2 heterocycles. The van der Waals surface area contributed by atoms with Crippen LogP contribution in [0.1, 0.15) is 16.1 Å². The molecular formula is C17H12BrNO4. The third-order valence-electron chi connectivity index (χ3n) is 3.59. The van der Waals surface area contributed by atoms with Crippen LogP contribution in [0.4, 0.5) is 0 Å². The highest BCUT2D eigenvalue weighted by molar-refractivity contribution is 9.10. The van der Waals surface area contributed by atoms with Gasteiger partial charge < -0.3 is 19.2 Å². The van der Waals surface area contributed by atoms with Gasteiger partial charge in [0.05, 0.1) is 0 Å². The molecule has 0 bridgehead atoms. The maximum absolute atomic E-state index is 12.2. The lowest BCUT2D eigenvalue weighted by atomic mass is 10.2. The number of furan rings is 1. The average molecular weight is 374 g/mol. The smallest absolute Gasteiger partial charge is 0.287 e. The van der Waals surface area contributed by atoms with Crippen LogP contribution < -0.4 is 14.8 Å². The van der Waals surface area contributed by atoms with Crippen molar-refractivity contribution >= 4 is 32.8 Å². The monoisotopic (exact) mass is 373 g/mol. The highest BCUT2D eigenvalue weighted by Gasteiger charge is 2.15. The number of fused-ring (bicyclic) bond motifs is 2. The zero-order chi connectivity index (χ0) is 15.8. The van der Waals surface area contributed by atoms with Gasteiger partial charge in [0.15, 0.2) is 17.3 Å². The maximum Gasteiger partial charge on any atom is 0.287 e. The van der Waals surface area contributed by atoms with Crippen LogP contribution in [0.5, 0.6) is 11.5 Å². The van der Waals surface area contributed by atoms with E-state index in [2.05, 4.69) is 21.2 Å². The van der Waals surface area contributed by atoms with Crippen LogP contribution >= 0.6 is 15.9 Å². The minimum Gasteiger partial charge on any atom is -0.454 e. The number of rotatable bonds is 3. The van der Waals surface area contributed by atoms with Crippen molar-refractivity contribution in [2.24, 2.45) is 0 Å². The molecule has 116 valence electrons. The second-order valence-electron chi connectivity index (χ2n) is 5.16. The summed E-state index contributed by atoms with van der Waals surface area (Å²) in [6.45, 7) is 0.621. The van der Waals surface area contributed by atoms with Crippen LogP contribution in [0.2, 0.25) is 0 Å². The molecule has 5 nitrogen and oxygen atoms in total. The van der Waals surface area contributed by atoms with Crippen LogP contribution in [0.25, 0.3) is 11.0 Å². The van der Waals surface area contributed by atoms with Crippen molar-refractivity contribution in [3.8, 4) is 11.5 Å². The molecule has 1 aliphatic rings. The summed E-state index contributed by atoms with van der Waals surface area (Å²) < 4.78 is 17.1. The summed E-state index contributed by atoms with van der Waals surface area (Å²) in [5, 5.41) is 3.72. The van der Waals surface area contributed by atoms with Gasteiger partial charge in [-0.1, -0.05) is 22.0 Å². The number of ether oxygens (including phenoxy) is 2. The number of carbonyl (C=O) groups excluding carboxylic acids is 1. The number of amides is 1. The lowest BCUT2D eigenvalue weighted by Crippen LogP contribution is -2.22. The van der Waals surface area contributed by atoms with Gasteiger partial charge in [0, 0.05) is 16.4 Å². The molecule has 0 spiro atoms. The average Bonchev–Trinajstić information content (AvgIpc) is 3.17. The molecule has 0 fully saturated rings. The number of carbonyl (C=O) groups is 1. The Morgan fingerprint density at radius 2 is 1.96 bits per heavy atom. The summed E-state index contributed by atoms with van der Waals surface area (Å²) in [5.74, 6) is 1.46. The predicted molar refractivity (Wildman–Crippen MR) is 87.6 cm³/mol. The SMILES string of the molecule is O=C(NCc1ccc2c(c1)OCO2)c1cc2cc(Br)ccc2o1. The summed E-state index contributed by atoms with van der Waals surface area (Å²) in [5.41, 5.74) is 1.61. The highest BCUT2D eigenvalue weighted by Crippen LogP contribution is 2.32. The first-order valence-corrected chi connectivity index (χ1v) is 7.84. The Labute approximate surface area is 140 Å². The topological polar surface area (TPSA) is 60.7 Å². The molecule has 1 amide bonds. The molecule has 23 heavy (non-hydrogen) atoms. The van der Waals surface area contributed by atoms with Crippen LogP contribution in [-0.2, 0) is 6.54 Å². The largest absolute Gasteiger partial charge is 0.454 e. The number of hydrogen-bond donors (Lipinski definition) is 1. The van der Waals surface area contributed by atoms with Gasteiger partial charge in [-0.3, -0.25) is 4.79 Å². The lowest BCUT2D eigenvalue weighted by molar-refractivity contribution is 0.0925. The molecule has 0 saturated heterocycles. The molecular weight excluding hydrogens is 362 g/mol.